The van der Waals surface area contributed by atoms with E-state index < -0.39 is 37.1 Å². The summed E-state index contributed by atoms with van der Waals surface area (Å²) in [5, 5.41) is 15.8. The number of amides is 1. The number of benzene rings is 3. The number of halogens is 1. The molecule has 3 aromatic carbocycles. The Kier molecular flexibility index (Phi) is 11.6. The number of hydrogen-bond donors (Lipinski definition) is 3. The highest BCUT2D eigenvalue weighted by molar-refractivity contribution is 7.90. The SMILES string of the molecule is CN1CCN(C2CC3(CCN(c4ccc(C(=O)NS(=O)(=O)c5ccc(NCC6(F)CCOCC6)c([N+](=O)[O-])c5)c(N5CCOc6nc7[nH]ccc7cc65)c4)CC3)C2)C(c2ccccc2C2CC2)C1. The molecule has 5 fully saturated rings. The molecule has 1 atom stereocenters. The number of carbonyl (C=O) groups is 1. The number of aromatic nitrogens is 2. The summed E-state index contributed by atoms with van der Waals surface area (Å²) in [5.41, 5.74) is 3.89. The number of aromatic amines is 1. The third-order valence-electron chi connectivity index (χ3n) is 15.5. The van der Waals surface area contributed by atoms with E-state index in [2.05, 4.69) is 61.0 Å². The van der Waals surface area contributed by atoms with Gasteiger partial charge in [0, 0.05) is 101 Å². The first-order chi connectivity index (χ1) is 32.8. The van der Waals surface area contributed by atoms with E-state index in [1.54, 1.807) is 17.8 Å². The van der Waals surface area contributed by atoms with Gasteiger partial charge in [-0.2, -0.15) is 4.98 Å². The number of hydrogen-bond acceptors (Lipinski definition) is 13. The molecular formula is C50H58FN9O7S. The first-order valence-electron chi connectivity index (χ1n) is 24.0. The van der Waals surface area contributed by atoms with Gasteiger partial charge in [-0.25, -0.2) is 17.5 Å². The Morgan fingerprint density at radius 3 is 2.47 bits per heavy atom. The van der Waals surface area contributed by atoms with Crippen LogP contribution in [0.15, 0.2) is 83.9 Å². The van der Waals surface area contributed by atoms with E-state index in [9.17, 15) is 23.3 Å². The second-order valence-electron chi connectivity index (χ2n) is 19.9. The summed E-state index contributed by atoms with van der Waals surface area (Å²) in [5.74, 6) is 0.183. The Balaban J connectivity index is 0.832. The number of pyridine rings is 1. The lowest BCUT2D eigenvalue weighted by atomic mass is 9.59. The Bertz CT molecular complexity index is 2850. The summed E-state index contributed by atoms with van der Waals surface area (Å²) in [4.78, 5) is 42.8. The van der Waals surface area contributed by atoms with Crippen molar-refractivity contribution in [3.8, 4) is 5.88 Å². The first-order valence-corrected chi connectivity index (χ1v) is 25.5. The highest BCUT2D eigenvalue weighted by atomic mass is 32.2. The van der Waals surface area contributed by atoms with Crippen molar-refractivity contribution in [2.75, 3.05) is 87.8 Å². The summed E-state index contributed by atoms with van der Waals surface area (Å²) in [6.45, 7) is 5.80. The fourth-order valence-electron chi connectivity index (χ4n) is 11.4. The summed E-state index contributed by atoms with van der Waals surface area (Å²) in [6, 6.07) is 22.7. The molecule has 6 heterocycles. The molecule has 2 saturated carbocycles. The molecule has 3 N–H and O–H groups in total. The fourth-order valence-corrected chi connectivity index (χ4v) is 12.4. The number of alkyl halides is 1. The van der Waals surface area contributed by atoms with Crippen LogP contribution in [-0.2, 0) is 14.8 Å². The molecule has 68 heavy (non-hydrogen) atoms. The lowest BCUT2D eigenvalue weighted by Crippen LogP contribution is -2.59. The number of nitro groups is 1. The van der Waals surface area contributed by atoms with Gasteiger partial charge in [-0.3, -0.25) is 19.8 Å². The van der Waals surface area contributed by atoms with Crippen molar-refractivity contribution >= 4 is 55.4 Å². The molecule has 3 saturated heterocycles. The number of ether oxygens (including phenoxy) is 2. The molecule has 0 bridgehead atoms. The standard InChI is InChI=1S/C50H58FN9O7S/c1-56-20-21-58(45(31-56)39-5-3-2-4-38(39)33-6-7-33)36-29-49(30-36)13-18-57(19-14-49)35-8-10-40(42(27-35)59-22-25-67-48-44(59)26-34-12-17-52-46(34)54-48)47(61)55-68(64,65)37-9-11-41(43(28-37)60(62)63)53-32-50(51)15-23-66-24-16-50/h2-5,8-12,17,26-28,33,36,45,53H,6-7,13-16,18-25,29-32H2,1H3,(H,52,54)(H,55,61). The third-order valence-corrected chi connectivity index (χ3v) is 16.9. The van der Waals surface area contributed by atoms with Gasteiger partial charge in [0.25, 0.3) is 21.6 Å². The lowest BCUT2D eigenvalue weighted by Gasteiger charge is -2.58. The number of likely N-dealkylation sites (N-methyl/N-ethyl adjacent to an activating group) is 1. The van der Waals surface area contributed by atoms with Crippen molar-refractivity contribution in [1.29, 1.82) is 0 Å². The molecule has 11 rings (SSSR count). The van der Waals surface area contributed by atoms with Crippen molar-refractivity contribution < 1.29 is 32.0 Å². The van der Waals surface area contributed by atoms with Gasteiger partial charge in [0.2, 0.25) is 5.88 Å². The van der Waals surface area contributed by atoms with Crippen LogP contribution in [0.3, 0.4) is 0 Å². The van der Waals surface area contributed by atoms with Gasteiger partial charge in [-0.15, -0.1) is 0 Å². The van der Waals surface area contributed by atoms with Crippen LogP contribution in [0.5, 0.6) is 5.88 Å². The van der Waals surface area contributed by atoms with Crippen LogP contribution in [0, 0.1) is 15.5 Å². The van der Waals surface area contributed by atoms with Crippen LogP contribution in [0.1, 0.15) is 84.8 Å². The maximum absolute atomic E-state index is 15.3. The predicted octanol–water partition coefficient (Wildman–Crippen LogP) is 7.67. The highest BCUT2D eigenvalue weighted by Crippen LogP contribution is 2.54. The van der Waals surface area contributed by atoms with Crippen LogP contribution in [0.2, 0.25) is 0 Å². The summed E-state index contributed by atoms with van der Waals surface area (Å²) < 4.78 is 56.7. The van der Waals surface area contributed by atoms with Crippen LogP contribution >= 0.6 is 0 Å². The largest absolute Gasteiger partial charge is 0.474 e. The zero-order valence-electron chi connectivity index (χ0n) is 38.3. The van der Waals surface area contributed by atoms with Gasteiger partial charge >= 0.3 is 0 Å². The summed E-state index contributed by atoms with van der Waals surface area (Å²) in [6.07, 6.45) is 9.12. The molecule has 358 valence electrons. The number of piperidine rings is 1. The zero-order chi connectivity index (χ0) is 46.8. The molecule has 18 heteroatoms. The molecule has 1 spiro atoms. The molecule has 1 unspecified atom stereocenters. The average Bonchev–Trinajstić information content (AvgIpc) is 4.08. The second-order valence-corrected chi connectivity index (χ2v) is 21.6. The van der Waals surface area contributed by atoms with Crippen molar-refractivity contribution in [3.63, 3.8) is 0 Å². The number of nitrogens with zero attached hydrogens (tertiary/aromatic N) is 6. The van der Waals surface area contributed by atoms with Crippen LogP contribution in [0.25, 0.3) is 11.0 Å². The number of nitrogens with one attached hydrogen (secondary N) is 3. The summed E-state index contributed by atoms with van der Waals surface area (Å²) in [7, 11) is -2.39. The second kappa shape index (κ2) is 17.6. The molecule has 5 aromatic rings. The number of anilines is 4. The first kappa shape index (κ1) is 44.7. The number of fused-ring (bicyclic) bond motifs is 2. The van der Waals surface area contributed by atoms with E-state index >= 15 is 4.39 Å². The van der Waals surface area contributed by atoms with E-state index in [1.807, 2.05) is 29.2 Å². The van der Waals surface area contributed by atoms with Crippen LogP contribution in [0.4, 0.5) is 32.8 Å². The van der Waals surface area contributed by atoms with Gasteiger partial charge in [-0.1, -0.05) is 24.3 Å². The number of H-pyrrole nitrogens is 1. The fraction of sp³-hybridized carbons (Fsp3) is 0.480. The zero-order valence-corrected chi connectivity index (χ0v) is 39.1. The normalized spacial score (nSPS) is 22.1. The molecule has 0 radical (unpaired) electrons. The quantitative estimate of drug-likeness (QED) is 0.0821. The third kappa shape index (κ3) is 8.64. The Hall–Kier alpha value is -5.82. The minimum absolute atomic E-state index is 0.0347. The van der Waals surface area contributed by atoms with E-state index in [-0.39, 0.29) is 55.9 Å². The topological polar surface area (TPSA) is 179 Å². The average molecular weight is 948 g/mol. The lowest BCUT2D eigenvalue weighted by molar-refractivity contribution is -0.384. The van der Waals surface area contributed by atoms with Crippen molar-refractivity contribution in [1.82, 2.24) is 24.5 Å². The van der Waals surface area contributed by atoms with Crippen molar-refractivity contribution in [2.24, 2.45) is 5.41 Å². The van der Waals surface area contributed by atoms with Crippen LogP contribution < -0.4 is 24.6 Å². The van der Waals surface area contributed by atoms with Gasteiger partial charge in [0.1, 0.15) is 29.3 Å². The van der Waals surface area contributed by atoms with E-state index in [0.717, 1.165) is 62.7 Å². The number of carbonyl (C=O) groups excluding carboxylic acids is 1. The minimum Gasteiger partial charge on any atom is -0.474 e. The molecule has 6 aliphatic rings. The monoisotopic (exact) mass is 947 g/mol. The highest BCUT2D eigenvalue weighted by Gasteiger charge is 2.50. The van der Waals surface area contributed by atoms with Crippen molar-refractivity contribution in [3.05, 3.63) is 106 Å². The summed E-state index contributed by atoms with van der Waals surface area (Å²) >= 11 is 0. The van der Waals surface area contributed by atoms with Gasteiger partial charge in [-0.05, 0) is 110 Å². The van der Waals surface area contributed by atoms with Gasteiger partial charge < -0.3 is 34.5 Å². The smallest absolute Gasteiger partial charge is 0.293 e. The van der Waals surface area contributed by atoms with E-state index in [4.69, 9.17) is 14.5 Å². The van der Waals surface area contributed by atoms with E-state index in [0.29, 0.717) is 47.4 Å². The number of sulfonamides is 1. The molecular weight excluding hydrogens is 890 g/mol. The Labute approximate surface area is 395 Å². The van der Waals surface area contributed by atoms with Crippen molar-refractivity contribution in [2.45, 2.75) is 79.9 Å². The minimum atomic E-state index is -4.63. The van der Waals surface area contributed by atoms with E-state index in [1.165, 1.54) is 43.4 Å². The molecule has 2 aromatic heterocycles. The van der Waals surface area contributed by atoms with Gasteiger partial charge in [0.15, 0.2) is 0 Å². The maximum Gasteiger partial charge on any atom is 0.293 e. The number of nitro benzene ring substituents is 1. The van der Waals surface area contributed by atoms with Gasteiger partial charge in [0.05, 0.1) is 27.6 Å². The Morgan fingerprint density at radius 1 is 0.926 bits per heavy atom. The molecule has 2 aliphatic carbocycles. The predicted molar refractivity (Wildman–Crippen MR) is 257 cm³/mol. The molecule has 4 aliphatic heterocycles. The van der Waals surface area contributed by atoms with Crippen LogP contribution in [-0.4, -0.2) is 123 Å². The Morgan fingerprint density at radius 2 is 1.71 bits per heavy atom. The number of rotatable bonds is 12. The molecule has 1 amide bonds. The molecule has 16 nitrogen and oxygen atoms in total. The maximum atomic E-state index is 15.3. The number of piperazine rings is 1.